The molecule has 2 amide bonds. The molecule has 4 rings (SSSR count). The van der Waals surface area contributed by atoms with Gasteiger partial charge in [0.15, 0.2) is 6.10 Å². The summed E-state index contributed by atoms with van der Waals surface area (Å²) >= 11 is 0. The van der Waals surface area contributed by atoms with Crippen molar-refractivity contribution in [2.45, 2.75) is 37.6 Å². The van der Waals surface area contributed by atoms with Gasteiger partial charge in [0.05, 0.1) is 6.42 Å². The van der Waals surface area contributed by atoms with Crippen LogP contribution in [0.1, 0.15) is 37.0 Å². The second-order valence-corrected chi connectivity index (χ2v) is 7.55. The third kappa shape index (κ3) is 4.06. The first kappa shape index (κ1) is 21.5. The maximum atomic E-state index is 13.5. The number of hydroxylamine groups is 2. The number of amides is 2. The molecule has 2 saturated heterocycles. The quantitative estimate of drug-likeness (QED) is 0.683. The van der Waals surface area contributed by atoms with E-state index >= 15 is 0 Å². The van der Waals surface area contributed by atoms with Crippen LogP contribution in [0.2, 0.25) is 0 Å². The molecule has 9 nitrogen and oxygen atoms in total. The van der Waals surface area contributed by atoms with Crippen molar-refractivity contribution in [1.82, 2.24) is 10.4 Å². The third-order valence-electron chi connectivity index (χ3n) is 5.27. The molecule has 1 N–H and O–H groups in total. The SMILES string of the molecule is CC(=O)N[C@H]1CON(C2(C(=O)OC(c3ccccc3)c3ccccc3)CCC(=O)O2)C1=O. The molecule has 0 aromatic heterocycles. The number of carbonyl (C=O) groups is 4. The van der Waals surface area contributed by atoms with Gasteiger partial charge in [-0.05, 0) is 11.1 Å². The van der Waals surface area contributed by atoms with E-state index < -0.39 is 41.6 Å². The van der Waals surface area contributed by atoms with Crippen molar-refractivity contribution in [1.29, 1.82) is 0 Å². The highest BCUT2D eigenvalue weighted by Gasteiger charge is 2.60. The summed E-state index contributed by atoms with van der Waals surface area (Å²) in [4.78, 5) is 55.1. The first-order valence-corrected chi connectivity index (χ1v) is 10.2. The zero-order chi connectivity index (χ0) is 22.7. The van der Waals surface area contributed by atoms with E-state index in [1.165, 1.54) is 6.92 Å². The van der Waals surface area contributed by atoms with Gasteiger partial charge >= 0.3 is 17.7 Å². The molecule has 1 unspecified atom stereocenters. The van der Waals surface area contributed by atoms with Gasteiger partial charge in [0.25, 0.3) is 5.91 Å². The van der Waals surface area contributed by atoms with Gasteiger partial charge in [-0.1, -0.05) is 60.7 Å². The van der Waals surface area contributed by atoms with Gasteiger partial charge in [-0.15, -0.1) is 0 Å². The van der Waals surface area contributed by atoms with E-state index in [9.17, 15) is 19.2 Å². The molecule has 0 bridgehead atoms. The first-order valence-electron chi connectivity index (χ1n) is 10.2. The Kier molecular flexibility index (Phi) is 5.91. The van der Waals surface area contributed by atoms with Gasteiger partial charge in [0.2, 0.25) is 5.91 Å². The first-order chi connectivity index (χ1) is 15.4. The molecule has 32 heavy (non-hydrogen) atoms. The molecule has 2 fully saturated rings. The van der Waals surface area contributed by atoms with E-state index in [2.05, 4.69) is 5.32 Å². The molecule has 166 valence electrons. The number of ether oxygens (including phenoxy) is 2. The molecule has 2 heterocycles. The number of rotatable bonds is 6. The van der Waals surface area contributed by atoms with Crippen molar-refractivity contribution in [3.63, 3.8) is 0 Å². The summed E-state index contributed by atoms with van der Waals surface area (Å²) in [7, 11) is 0. The van der Waals surface area contributed by atoms with Crippen LogP contribution in [-0.4, -0.2) is 47.2 Å². The second kappa shape index (κ2) is 8.80. The lowest BCUT2D eigenvalue weighted by Crippen LogP contribution is -2.57. The zero-order valence-corrected chi connectivity index (χ0v) is 17.4. The number of nitrogens with one attached hydrogen (secondary N) is 1. The van der Waals surface area contributed by atoms with Crippen LogP contribution in [0.15, 0.2) is 60.7 Å². The van der Waals surface area contributed by atoms with Gasteiger partial charge in [-0.3, -0.25) is 19.2 Å². The molecule has 0 radical (unpaired) electrons. The molecular weight excluding hydrogens is 416 g/mol. The topological polar surface area (TPSA) is 111 Å². The normalized spacial score (nSPS) is 22.7. The molecule has 0 saturated carbocycles. The van der Waals surface area contributed by atoms with Gasteiger partial charge < -0.3 is 14.8 Å². The Morgan fingerprint density at radius 1 is 1.06 bits per heavy atom. The van der Waals surface area contributed by atoms with Crippen molar-refractivity contribution in [3.8, 4) is 0 Å². The van der Waals surface area contributed by atoms with Gasteiger partial charge in [0, 0.05) is 13.3 Å². The van der Waals surface area contributed by atoms with Crippen LogP contribution in [0.4, 0.5) is 0 Å². The average molecular weight is 438 g/mol. The largest absolute Gasteiger partial charge is 0.448 e. The number of hydrogen-bond acceptors (Lipinski definition) is 7. The molecule has 9 heteroatoms. The second-order valence-electron chi connectivity index (χ2n) is 7.55. The number of cyclic esters (lactones) is 1. The molecule has 0 aliphatic carbocycles. The summed E-state index contributed by atoms with van der Waals surface area (Å²) in [6, 6.07) is 17.2. The maximum absolute atomic E-state index is 13.5. The minimum Gasteiger partial charge on any atom is -0.448 e. The van der Waals surface area contributed by atoms with Gasteiger partial charge in [-0.25, -0.2) is 4.79 Å². The standard InChI is InChI=1S/C23H22N2O7/c1-15(26)24-18-14-30-25(21(18)28)23(13-12-19(27)32-23)22(29)31-20(16-8-4-2-5-9-16)17-10-6-3-7-11-17/h2-11,18,20H,12-14H2,1H3,(H,24,26)/t18-,23?/m0/s1. The Morgan fingerprint density at radius 3 is 2.16 bits per heavy atom. The Hall–Kier alpha value is -3.72. The molecule has 2 aliphatic heterocycles. The Labute approximate surface area is 184 Å². The van der Waals surface area contributed by atoms with Crippen LogP contribution in [0, 0.1) is 0 Å². The van der Waals surface area contributed by atoms with Crippen LogP contribution in [0.5, 0.6) is 0 Å². The summed E-state index contributed by atoms with van der Waals surface area (Å²) in [5.41, 5.74) is -0.656. The monoisotopic (exact) mass is 438 g/mol. The molecule has 2 aliphatic rings. The summed E-state index contributed by atoms with van der Waals surface area (Å²) in [5, 5.41) is 3.19. The Bertz CT molecular complexity index is 988. The van der Waals surface area contributed by atoms with Gasteiger partial charge in [0.1, 0.15) is 12.6 Å². The summed E-state index contributed by atoms with van der Waals surface area (Å²) in [6.07, 6.45) is -1.02. The smallest absolute Gasteiger partial charge is 0.376 e. The van der Waals surface area contributed by atoms with Crippen LogP contribution in [-0.2, 0) is 33.5 Å². The van der Waals surface area contributed by atoms with E-state index in [0.29, 0.717) is 11.1 Å². The predicted octanol–water partition coefficient (Wildman–Crippen LogP) is 1.63. The minimum atomic E-state index is -2.07. The summed E-state index contributed by atoms with van der Waals surface area (Å²) in [6.45, 7) is 1.08. The lowest BCUT2D eigenvalue weighted by Gasteiger charge is -2.34. The van der Waals surface area contributed by atoms with Crippen LogP contribution < -0.4 is 5.32 Å². The fraction of sp³-hybridized carbons (Fsp3) is 0.304. The fourth-order valence-electron chi connectivity index (χ4n) is 3.77. The third-order valence-corrected chi connectivity index (χ3v) is 5.27. The van der Waals surface area contributed by atoms with Crippen LogP contribution in [0.3, 0.4) is 0 Å². The number of carbonyl (C=O) groups excluding carboxylic acids is 4. The highest BCUT2D eigenvalue weighted by molar-refractivity contribution is 5.94. The molecular formula is C23H22N2O7. The Morgan fingerprint density at radius 2 is 1.66 bits per heavy atom. The minimum absolute atomic E-state index is 0.0889. The highest BCUT2D eigenvalue weighted by Crippen LogP contribution is 2.37. The van der Waals surface area contributed by atoms with E-state index in [4.69, 9.17) is 14.3 Å². The number of nitrogens with zero attached hydrogens (tertiary/aromatic N) is 1. The van der Waals surface area contributed by atoms with Crippen molar-refractivity contribution < 1.29 is 33.5 Å². The van der Waals surface area contributed by atoms with Crippen molar-refractivity contribution in [2.24, 2.45) is 0 Å². The van der Waals surface area contributed by atoms with E-state index in [1.54, 1.807) is 0 Å². The lowest BCUT2D eigenvalue weighted by molar-refractivity contribution is -0.260. The number of hydrogen-bond donors (Lipinski definition) is 1. The predicted molar refractivity (Wildman–Crippen MR) is 109 cm³/mol. The number of esters is 2. The highest BCUT2D eigenvalue weighted by atomic mass is 16.8. The lowest BCUT2D eigenvalue weighted by atomic mass is 10.0. The Balaban J connectivity index is 1.65. The summed E-state index contributed by atoms with van der Waals surface area (Å²) in [5.74, 6) is -2.71. The van der Waals surface area contributed by atoms with Crippen LogP contribution >= 0.6 is 0 Å². The van der Waals surface area contributed by atoms with E-state index in [1.807, 2.05) is 60.7 Å². The molecule has 0 spiro atoms. The van der Waals surface area contributed by atoms with Gasteiger partial charge in [-0.2, -0.15) is 5.06 Å². The summed E-state index contributed by atoms with van der Waals surface area (Å²) < 4.78 is 11.2. The molecule has 2 aromatic rings. The molecule has 2 atom stereocenters. The van der Waals surface area contributed by atoms with Crippen molar-refractivity contribution in [3.05, 3.63) is 71.8 Å². The van der Waals surface area contributed by atoms with Crippen molar-refractivity contribution >= 4 is 23.8 Å². The average Bonchev–Trinajstić information content (AvgIpc) is 3.36. The fourth-order valence-corrected chi connectivity index (χ4v) is 3.77. The number of benzene rings is 2. The van der Waals surface area contributed by atoms with E-state index in [-0.39, 0.29) is 19.4 Å². The maximum Gasteiger partial charge on any atom is 0.376 e. The van der Waals surface area contributed by atoms with Crippen molar-refractivity contribution in [2.75, 3.05) is 6.61 Å². The van der Waals surface area contributed by atoms with Crippen LogP contribution in [0.25, 0.3) is 0 Å². The molecule has 2 aromatic carbocycles. The van der Waals surface area contributed by atoms with E-state index in [0.717, 1.165) is 5.06 Å². The zero-order valence-electron chi connectivity index (χ0n) is 17.4.